The molecule has 16 aromatic rings. The summed E-state index contributed by atoms with van der Waals surface area (Å²) in [6.45, 7) is 10.6. The van der Waals surface area contributed by atoms with Crippen LogP contribution in [0.4, 0.5) is 79.6 Å². The maximum absolute atomic E-state index is 6.01. The van der Waals surface area contributed by atoms with Gasteiger partial charge in [0.1, 0.15) is 22.9 Å². The van der Waals surface area contributed by atoms with Gasteiger partial charge in [0.2, 0.25) is 0 Å². The summed E-state index contributed by atoms with van der Waals surface area (Å²) >= 11 is 1.84. The molecule has 3 aliphatic heterocycles. The minimum atomic E-state index is 0.759. The predicted octanol–water partition coefficient (Wildman–Crippen LogP) is 27.8. The molecule has 0 N–H and O–H groups in total. The van der Waals surface area contributed by atoms with E-state index in [2.05, 4.69) is 376 Å². The van der Waals surface area contributed by atoms with E-state index >= 15 is 0 Å². The lowest BCUT2D eigenvalue weighted by atomic mass is 10.0. The maximum Gasteiger partial charge on any atom is 0.161 e. The third-order valence-electron chi connectivity index (χ3n) is 20.0. The monoisotopic (exact) mass is 1440 g/mol. The summed E-state index contributed by atoms with van der Waals surface area (Å²) in [5, 5.41) is 2.62. The van der Waals surface area contributed by atoms with Crippen LogP contribution in [0.2, 0.25) is 0 Å². The molecule has 4 heterocycles. The molecule has 0 amide bonds. The Morgan fingerprint density at radius 2 is 0.569 bits per heavy atom. The number of aryl methyl sites for hydroxylation is 5. The molecular weight excluding hydrogens is 1350 g/mol. The number of ether oxygens (including phenoxy) is 3. The van der Waals surface area contributed by atoms with E-state index < -0.39 is 0 Å². The van der Waals surface area contributed by atoms with Gasteiger partial charge in [-0.15, -0.1) is 0 Å². The van der Waals surface area contributed by atoms with E-state index in [1.165, 1.54) is 111 Å². The van der Waals surface area contributed by atoms with Gasteiger partial charge < -0.3 is 33.5 Å². The number of hydrogen-bond donors (Lipinski definition) is 0. The van der Waals surface area contributed by atoms with Crippen LogP contribution in [0, 0.1) is 34.6 Å². The van der Waals surface area contributed by atoms with Crippen molar-refractivity contribution < 1.29 is 14.2 Å². The second-order valence-electron chi connectivity index (χ2n) is 27.8. The summed E-state index contributed by atoms with van der Waals surface area (Å²) in [7, 11) is 7.86. The number of aromatic nitrogens is 1. The fourth-order valence-corrected chi connectivity index (χ4v) is 15.4. The van der Waals surface area contributed by atoms with Crippen molar-refractivity contribution >= 4 is 113 Å². The van der Waals surface area contributed by atoms with Crippen LogP contribution in [-0.4, -0.2) is 32.9 Å². The molecule has 0 aliphatic carbocycles. The Morgan fingerprint density at radius 3 is 0.954 bits per heavy atom. The average Bonchev–Trinajstić information content (AvgIpc) is 1.37. The highest BCUT2D eigenvalue weighted by Crippen LogP contribution is 2.55. The lowest BCUT2D eigenvalue weighted by Gasteiger charge is -2.41. The molecule has 0 bridgehead atoms. The molecule has 0 saturated heterocycles. The summed E-state index contributed by atoms with van der Waals surface area (Å²) in [6.07, 6.45) is 0. The first-order valence-electron chi connectivity index (χ1n) is 36.9. The second kappa shape index (κ2) is 32.0. The molecule has 536 valence electrons. The number of benzene rings is 15. The summed E-state index contributed by atoms with van der Waals surface area (Å²) in [4.78, 5) is 11.8. The second-order valence-corrected chi connectivity index (χ2v) is 28.9. The lowest BCUT2D eigenvalue weighted by Crippen LogP contribution is -2.39. The Labute approximate surface area is 645 Å². The fraction of sp³-hybridized carbons (Fsp3) is 0.0909. The molecule has 0 radical (unpaired) electrons. The van der Waals surface area contributed by atoms with Crippen molar-refractivity contribution in [2.75, 3.05) is 47.9 Å². The SMILES string of the molecule is COc1ccc(N(c2ccc(C)cc2)c2ccc(OC)cc2)cc1.Cc1ccc(-n2c3ccccc3c3ccccc32)cc1.Cc1ccc(N2c3ccccc3Oc3ccccc32)cc1.Cc1ccc(N2c3ccccc3Sc3ccccc32)cc1.Cc1ccc(N2c3ccccc3[N+](C)(C)c3ccccc32)cc1. The predicted molar refractivity (Wildman–Crippen MR) is 460 cm³/mol. The molecule has 15 aromatic carbocycles. The van der Waals surface area contributed by atoms with E-state index in [1.54, 1.807) is 14.2 Å². The van der Waals surface area contributed by atoms with Crippen molar-refractivity contribution in [2.24, 2.45) is 0 Å². The van der Waals surface area contributed by atoms with E-state index in [9.17, 15) is 0 Å². The average molecular weight is 1440 g/mol. The van der Waals surface area contributed by atoms with Crippen molar-refractivity contribution in [2.45, 2.75) is 44.4 Å². The number of hydrogen-bond acceptors (Lipinski definition) is 8. The third kappa shape index (κ3) is 15.1. The zero-order chi connectivity index (χ0) is 75.0. The van der Waals surface area contributed by atoms with Crippen LogP contribution < -0.4 is 38.3 Å². The molecule has 0 fully saturated rings. The highest BCUT2D eigenvalue weighted by Gasteiger charge is 2.38. The lowest BCUT2D eigenvalue weighted by molar-refractivity contribution is 0.415. The highest BCUT2D eigenvalue weighted by molar-refractivity contribution is 7.99. The van der Waals surface area contributed by atoms with Gasteiger partial charge in [0.15, 0.2) is 22.9 Å². The Kier molecular flexibility index (Phi) is 21.0. The van der Waals surface area contributed by atoms with Gasteiger partial charge in [-0.05, 0) is 217 Å². The van der Waals surface area contributed by atoms with E-state index in [0.717, 1.165) is 61.6 Å². The first-order chi connectivity index (χ1) is 53.3. The molecule has 3 aliphatic rings. The van der Waals surface area contributed by atoms with Gasteiger partial charge in [-0.3, -0.25) is 9.38 Å². The number of nitrogens with zero attached hydrogens (tertiary/aromatic N) is 6. The Balaban J connectivity index is 0.000000109. The molecule has 10 heteroatoms. The first kappa shape index (κ1) is 71.6. The van der Waals surface area contributed by atoms with E-state index in [1.807, 2.05) is 72.4 Å². The molecule has 109 heavy (non-hydrogen) atoms. The molecule has 19 rings (SSSR count). The van der Waals surface area contributed by atoms with Crippen molar-refractivity contribution in [3.05, 3.63) is 392 Å². The minimum Gasteiger partial charge on any atom is -0.497 e. The summed E-state index contributed by atoms with van der Waals surface area (Å²) in [5.74, 6) is 3.46. The van der Waals surface area contributed by atoms with Crippen LogP contribution >= 0.6 is 11.8 Å². The number of rotatable bonds is 9. The molecular formula is C99H87N6O3S+. The van der Waals surface area contributed by atoms with Crippen LogP contribution in [0.3, 0.4) is 0 Å². The van der Waals surface area contributed by atoms with Gasteiger partial charge in [0.25, 0.3) is 0 Å². The van der Waals surface area contributed by atoms with Gasteiger partial charge in [-0.2, -0.15) is 0 Å². The number of fused-ring (bicyclic) bond motifs is 9. The van der Waals surface area contributed by atoms with Crippen molar-refractivity contribution in [1.29, 1.82) is 0 Å². The van der Waals surface area contributed by atoms with Gasteiger partial charge in [0.05, 0.1) is 62.1 Å². The van der Waals surface area contributed by atoms with E-state index in [-0.39, 0.29) is 0 Å². The van der Waals surface area contributed by atoms with Crippen LogP contribution in [0.15, 0.2) is 374 Å². The largest absolute Gasteiger partial charge is 0.497 e. The van der Waals surface area contributed by atoms with Crippen molar-refractivity contribution in [3.8, 4) is 28.7 Å². The van der Waals surface area contributed by atoms with E-state index in [4.69, 9.17) is 14.2 Å². The molecule has 9 nitrogen and oxygen atoms in total. The van der Waals surface area contributed by atoms with E-state index in [0.29, 0.717) is 0 Å². The topological polar surface area (TPSA) is 45.6 Å². The number of anilines is 12. The number of para-hydroxylation sites is 12. The first-order valence-corrected chi connectivity index (χ1v) is 37.7. The number of quaternary nitrogens is 1. The fourth-order valence-electron chi connectivity index (χ4n) is 14.3. The van der Waals surface area contributed by atoms with Crippen LogP contribution in [0.1, 0.15) is 27.8 Å². The standard InChI is InChI=1S/C21H21N2.C21H21NO2.C19H15NO.C19H15NS.C19H15N/c1-16-12-14-17(15-13-16)22-18-8-4-6-10-20(18)23(2,3)21-11-7-5-9-19(21)22;1-16-4-6-17(7-5-16)22(18-8-12-20(23-2)13-9-18)19-10-14-21(24-3)15-11-19;2*1-14-10-12-15(13-11-14)20-16-6-2-4-8-18(16)21-19-9-5-3-7-17(19)20;1-14-10-12-15(13-11-14)20-18-8-4-2-6-16(18)17-7-3-5-9-19(17)20/h4-15H,1-3H3;4-15H,1-3H3;2*2-13H,1H3;2-13H,1H3/q+1;;;;. The Morgan fingerprint density at radius 1 is 0.284 bits per heavy atom. The van der Waals surface area contributed by atoms with Gasteiger partial charge in [-0.25, -0.2) is 0 Å². The molecule has 0 atom stereocenters. The summed E-state index contributed by atoms with van der Waals surface area (Å²) in [6, 6.07) is 127. The summed E-state index contributed by atoms with van der Waals surface area (Å²) < 4.78 is 19.6. The maximum atomic E-state index is 6.01. The third-order valence-corrected chi connectivity index (χ3v) is 21.1. The van der Waals surface area contributed by atoms with Gasteiger partial charge in [-0.1, -0.05) is 209 Å². The van der Waals surface area contributed by atoms with Crippen LogP contribution in [-0.2, 0) is 0 Å². The molecule has 1 aromatic heterocycles. The smallest absolute Gasteiger partial charge is 0.161 e. The van der Waals surface area contributed by atoms with Crippen molar-refractivity contribution in [1.82, 2.24) is 9.05 Å². The Bertz CT molecular complexity index is 5420. The normalized spacial score (nSPS) is 12.3. The van der Waals surface area contributed by atoms with Crippen LogP contribution in [0.5, 0.6) is 23.0 Å². The molecule has 0 unspecified atom stereocenters. The quantitative estimate of drug-likeness (QED) is 0.133. The minimum absolute atomic E-state index is 0.759. The Hall–Kier alpha value is -13.0. The number of methoxy groups -OCH3 is 2. The molecule has 0 saturated carbocycles. The summed E-state index contributed by atoms with van der Waals surface area (Å²) in [5.41, 5.74) is 26.7. The van der Waals surface area contributed by atoms with Crippen molar-refractivity contribution in [3.63, 3.8) is 0 Å². The van der Waals surface area contributed by atoms with Crippen LogP contribution in [0.25, 0.3) is 27.5 Å². The highest BCUT2D eigenvalue weighted by atomic mass is 32.2. The van der Waals surface area contributed by atoms with Gasteiger partial charge in [0, 0.05) is 72.5 Å². The molecule has 0 spiro atoms. The van der Waals surface area contributed by atoms with Gasteiger partial charge >= 0.3 is 0 Å². The zero-order valence-electron chi connectivity index (χ0n) is 63.0. The zero-order valence-corrected chi connectivity index (χ0v) is 63.8.